The first-order valence-electron chi connectivity index (χ1n) is 7.00. The number of fused-ring (bicyclic) bond motifs is 1. The number of hydrogen-bond donors (Lipinski definition) is 2. The number of pyridine rings is 1. The van der Waals surface area contributed by atoms with Crippen molar-refractivity contribution in [3.05, 3.63) is 30.1 Å². The van der Waals surface area contributed by atoms with Crippen LogP contribution in [0, 0.1) is 11.8 Å². The van der Waals surface area contributed by atoms with E-state index in [1.165, 1.54) is 0 Å². The molecule has 23 heavy (non-hydrogen) atoms. The van der Waals surface area contributed by atoms with Crippen LogP contribution in [0.1, 0.15) is 10.5 Å². The standard InChI is InChI=1S/C12H15N3O.C2HF3O2/c16-12(11-3-1-2-4-14-11)15-7-9-5-13-6-10(9)8-15;3-2(4,5)1(6)7/h1-4,9-10,13H,5-8H2;(H,6,7). The molecule has 126 valence electrons. The van der Waals surface area contributed by atoms with Crippen molar-refractivity contribution in [1.82, 2.24) is 15.2 Å². The Morgan fingerprint density at radius 1 is 1.22 bits per heavy atom. The van der Waals surface area contributed by atoms with Crippen LogP contribution >= 0.6 is 0 Å². The fraction of sp³-hybridized carbons (Fsp3) is 0.500. The van der Waals surface area contributed by atoms with E-state index in [2.05, 4.69) is 10.3 Å². The molecule has 2 aliphatic rings. The van der Waals surface area contributed by atoms with E-state index in [9.17, 15) is 18.0 Å². The molecule has 3 heterocycles. The van der Waals surface area contributed by atoms with Crippen molar-refractivity contribution in [2.45, 2.75) is 6.18 Å². The number of hydrogen-bond acceptors (Lipinski definition) is 4. The summed E-state index contributed by atoms with van der Waals surface area (Å²) in [6.07, 6.45) is -3.41. The number of alkyl halides is 3. The average molecular weight is 331 g/mol. The van der Waals surface area contributed by atoms with Crippen LogP contribution in [0.15, 0.2) is 24.4 Å². The number of carboxylic acid groups (broad SMARTS) is 1. The van der Waals surface area contributed by atoms with Gasteiger partial charge in [0.2, 0.25) is 0 Å². The summed E-state index contributed by atoms with van der Waals surface area (Å²) in [5.41, 5.74) is 0.565. The number of carboxylic acids is 1. The van der Waals surface area contributed by atoms with E-state index in [1.54, 1.807) is 12.3 Å². The third kappa shape index (κ3) is 4.41. The van der Waals surface area contributed by atoms with Gasteiger partial charge in [0.05, 0.1) is 0 Å². The summed E-state index contributed by atoms with van der Waals surface area (Å²) in [5.74, 6) is -1.39. The SMILES string of the molecule is O=C(O)C(F)(F)F.O=C(c1ccccn1)N1CC2CNCC2C1. The molecule has 2 unspecified atom stereocenters. The summed E-state index contributed by atoms with van der Waals surface area (Å²) >= 11 is 0. The van der Waals surface area contributed by atoms with E-state index in [-0.39, 0.29) is 5.91 Å². The van der Waals surface area contributed by atoms with Crippen molar-refractivity contribution in [3.8, 4) is 0 Å². The fourth-order valence-electron chi connectivity index (χ4n) is 2.67. The molecule has 3 rings (SSSR count). The van der Waals surface area contributed by atoms with E-state index < -0.39 is 12.1 Å². The number of likely N-dealkylation sites (tertiary alicyclic amines) is 1. The van der Waals surface area contributed by atoms with E-state index >= 15 is 0 Å². The maximum atomic E-state index is 12.1. The van der Waals surface area contributed by atoms with Gasteiger partial charge >= 0.3 is 12.1 Å². The zero-order valence-electron chi connectivity index (χ0n) is 12.1. The summed E-state index contributed by atoms with van der Waals surface area (Å²) in [7, 11) is 0. The maximum Gasteiger partial charge on any atom is 0.490 e. The van der Waals surface area contributed by atoms with Gasteiger partial charge in [-0.15, -0.1) is 0 Å². The van der Waals surface area contributed by atoms with E-state index in [0.717, 1.165) is 26.2 Å². The van der Waals surface area contributed by atoms with Crippen LogP contribution in [0.5, 0.6) is 0 Å². The van der Waals surface area contributed by atoms with Gasteiger partial charge in [-0.1, -0.05) is 6.07 Å². The monoisotopic (exact) mass is 331 g/mol. The Morgan fingerprint density at radius 2 is 1.78 bits per heavy atom. The molecule has 0 aliphatic carbocycles. The molecule has 0 saturated carbocycles. The Balaban J connectivity index is 0.000000236. The Bertz CT molecular complexity index is 553. The highest BCUT2D eigenvalue weighted by Gasteiger charge is 2.39. The van der Waals surface area contributed by atoms with Gasteiger partial charge in [-0.3, -0.25) is 9.78 Å². The van der Waals surface area contributed by atoms with Crippen LogP contribution in [0.2, 0.25) is 0 Å². The van der Waals surface area contributed by atoms with Crippen molar-refractivity contribution in [3.63, 3.8) is 0 Å². The lowest BCUT2D eigenvalue weighted by Gasteiger charge is -2.16. The molecule has 0 bridgehead atoms. The normalized spacial score (nSPS) is 23.0. The minimum Gasteiger partial charge on any atom is -0.475 e. The van der Waals surface area contributed by atoms with Crippen LogP contribution in [0.3, 0.4) is 0 Å². The van der Waals surface area contributed by atoms with Crippen molar-refractivity contribution in [2.24, 2.45) is 11.8 Å². The summed E-state index contributed by atoms with van der Waals surface area (Å²) in [6, 6.07) is 5.48. The zero-order chi connectivity index (χ0) is 17.0. The Morgan fingerprint density at radius 3 is 2.22 bits per heavy atom. The first-order chi connectivity index (χ1) is 10.8. The first-order valence-corrected chi connectivity index (χ1v) is 7.00. The highest BCUT2D eigenvalue weighted by molar-refractivity contribution is 5.92. The van der Waals surface area contributed by atoms with Gasteiger partial charge in [0, 0.05) is 32.4 Å². The number of aliphatic carboxylic acids is 1. The summed E-state index contributed by atoms with van der Waals surface area (Å²) in [6.45, 7) is 3.87. The molecule has 9 heteroatoms. The minimum absolute atomic E-state index is 0.0787. The number of aromatic nitrogens is 1. The third-order valence-corrected chi connectivity index (χ3v) is 3.80. The van der Waals surface area contributed by atoms with Gasteiger partial charge in [0.25, 0.3) is 5.91 Å². The van der Waals surface area contributed by atoms with Crippen LogP contribution in [-0.2, 0) is 4.79 Å². The number of nitrogens with zero attached hydrogens (tertiary/aromatic N) is 2. The highest BCUT2D eigenvalue weighted by Crippen LogP contribution is 2.27. The second-order valence-electron chi connectivity index (χ2n) is 5.41. The van der Waals surface area contributed by atoms with Gasteiger partial charge in [-0.2, -0.15) is 13.2 Å². The molecule has 0 spiro atoms. The summed E-state index contributed by atoms with van der Waals surface area (Å²) < 4.78 is 31.7. The van der Waals surface area contributed by atoms with Gasteiger partial charge in [-0.25, -0.2) is 4.79 Å². The minimum atomic E-state index is -5.08. The van der Waals surface area contributed by atoms with Gasteiger partial charge in [0.15, 0.2) is 0 Å². The van der Waals surface area contributed by atoms with E-state index in [1.807, 2.05) is 17.0 Å². The zero-order valence-corrected chi connectivity index (χ0v) is 12.1. The topological polar surface area (TPSA) is 82.5 Å². The Labute approximate surface area is 130 Å². The van der Waals surface area contributed by atoms with Gasteiger partial charge in [0.1, 0.15) is 5.69 Å². The molecule has 2 fully saturated rings. The Kier molecular flexibility index (Phi) is 5.19. The molecular formula is C14H16F3N3O3. The van der Waals surface area contributed by atoms with Gasteiger partial charge in [-0.05, 0) is 24.0 Å². The largest absolute Gasteiger partial charge is 0.490 e. The molecule has 0 radical (unpaired) electrons. The number of nitrogens with one attached hydrogen (secondary N) is 1. The molecule has 1 amide bonds. The first kappa shape index (κ1) is 17.2. The lowest BCUT2D eigenvalue weighted by molar-refractivity contribution is -0.192. The van der Waals surface area contributed by atoms with Crippen molar-refractivity contribution in [1.29, 1.82) is 0 Å². The van der Waals surface area contributed by atoms with Crippen LogP contribution in [-0.4, -0.2) is 59.2 Å². The quantitative estimate of drug-likeness (QED) is 0.802. The molecule has 2 N–H and O–H groups in total. The predicted molar refractivity (Wildman–Crippen MR) is 73.7 cm³/mol. The molecule has 2 saturated heterocycles. The second-order valence-corrected chi connectivity index (χ2v) is 5.41. The van der Waals surface area contributed by atoms with E-state index in [4.69, 9.17) is 9.90 Å². The van der Waals surface area contributed by atoms with Crippen molar-refractivity contribution < 1.29 is 27.9 Å². The predicted octanol–water partition coefficient (Wildman–Crippen LogP) is 1.01. The summed E-state index contributed by atoms with van der Waals surface area (Å²) in [4.78, 5) is 27.1. The van der Waals surface area contributed by atoms with Crippen LogP contribution in [0.4, 0.5) is 13.2 Å². The molecular weight excluding hydrogens is 315 g/mol. The maximum absolute atomic E-state index is 12.1. The number of rotatable bonds is 1. The smallest absolute Gasteiger partial charge is 0.475 e. The van der Waals surface area contributed by atoms with Crippen molar-refractivity contribution in [2.75, 3.05) is 26.2 Å². The van der Waals surface area contributed by atoms with Crippen LogP contribution in [0.25, 0.3) is 0 Å². The Hall–Kier alpha value is -2.16. The molecule has 0 aromatic carbocycles. The highest BCUT2D eigenvalue weighted by atomic mass is 19.4. The summed E-state index contributed by atoms with van der Waals surface area (Å²) in [5, 5.41) is 10.5. The van der Waals surface area contributed by atoms with E-state index in [0.29, 0.717) is 17.5 Å². The fourth-order valence-corrected chi connectivity index (χ4v) is 2.67. The second kappa shape index (κ2) is 6.95. The molecule has 2 atom stereocenters. The average Bonchev–Trinajstić information content (AvgIpc) is 3.08. The number of halogens is 3. The van der Waals surface area contributed by atoms with Gasteiger partial charge < -0.3 is 15.3 Å². The molecule has 6 nitrogen and oxygen atoms in total. The lowest BCUT2D eigenvalue weighted by Crippen LogP contribution is -2.32. The number of carbonyl (C=O) groups excluding carboxylic acids is 1. The molecule has 2 aliphatic heterocycles. The third-order valence-electron chi connectivity index (χ3n) is 3.80. The molecule has 1 aromatic rings. The lowest BCUT2D eigenvalue weighted by atomic mass is 10.0. The number of carbonyl (C=O) groups is 2. The number of amides is 1. The van der Waals surface area contributed by atoms with Crippen LogP contribution < -0.4 is 5.32 Å². The molecule has 1 aromatic heterocycles. The van der Waals surface area contributed by atoms with Crippen molar-refractivity contribution >= 4 is 11.9 Å².